The summed E-state index contributed by atoms with van der Waals surface area (Å²) < 4.78 is 5.28. The van der Waals surface area contributed by atoms with E-state index >= 15 is 0 Å². The van der Waals surface area contributed by atoms with Crippen LogP contribution in [-0.4, -0.2) is 37.1 Å². The topological polar surface area (TPSA) is 55.6 Å². The predicted molar refractivity (Wildman–Crippen MR) is 71.8 cm³/mol. The van der Waals surface area contributed by atoms with Gasteiger partial charge in [0.1, 0.15) is 0 Å². The molecule has 0 atom stereocenters. The Labute approximate surface area is 112 Å². The van der Waals surface area contributed by atoms with Crippen molar-refractivity contribution in [3.05, 3.63) is 28.8 Å². The fourth-order valence-electron chi connectivity index (χ4n) is 2.18. The van der Waals surface area contributed by atoms with E-state index in [1.165, 1.54) is 0 Å². The summed E-state index contributed by atoms with van der Waals surface area (Å²) in [4.78, 5) is 14.1. The van der Waals surface area contributed by atoms with Crippen molar-refractivity contribution in [2.75, 3.05) is 25.9 Å². The molecule has 0 bridgehead atoms. The van der Waals surface area contributed by atoms with Crippen molar-refractivity contribution in [3.63, 3.8) is 0 Å². The molecule has 1 aromatic rings. The number of likely N-dealkylation sites (tertiary alicyclic amines) is 1. The monoisotopic (exact) mass is 268 g/mol. The quantitative estimate of drug-likeness (QED) is 0.837. The number of hydrogen-bond acceptors (Lipinski definition) is 3. The zero-order valence-electron chi connectivity index (χ0n) is 10.4. The molecule has 4 nitrogen and oxygen atoms in total. The normalized spacial score (nSPS) is 16.9. The molecule has 18 heavy (non-hydrogen) atoms. The van der Waals surface area contributed by atoms with Gasteiger partial charge in [-0.2, -0.15) is 0 Å². The number of nitrogens with zero attached hydrogens (tertiary/aromatic N) is 1. The number of amides is 1. The average molecular weight is 269 g/mol. The summed E-state index contributed by atoms with van der Waals surface area (Å²) in [5.74, 6) is -0.0538. The average Bonchev–Trinajstić information content (AvgIpc) is 2.41. The van der Waals surface area contributed by atoms with Crippen LogP contribution in [0.5, 0.6) is 0 Å². The second kappa shape index (κ2) is 5.59. The number of carbonyl (C=O) groups excluding carboxylic acids is 1. The Balaban J connectivity index is 2.10. The minimum absolute atomic E-state index is 0.0538. The Bertz CT molecular complexity index is 443. The maximum Gasteiger partial charge on any atom is 0.255 e. The number of benzene rings is 1. The lowest BCUT2D eigenvalue weighted by Gasteiger charge is -2.31. The first-order valence-electron chi connectivity index (χ1n) is 5.99. The lowest BCUT2D eigenvalue weighted by atomic mass is 10.1. The van der Waals surface area contributed by atoms with E-state index in [2.05, 4.69) is 0 Å². The number of halogens is 1. The second-order valence-corrected chi connectivity index (χ2v) is 4.81. The lowest BCUT2D eigenvalue weighted by molar-refractivity contribution is 0.0351. The molecule has 2 N–H and O–H groups in total. The van der Waals surface area contributed by atoms with Crippen LogP contribution in [0, 0.1) is 0 Å². The van der Waals surface area contributed by atoms with Gasteiger partial charge in [0.2, 0.25) is 0 Å². The lowest BCUT2D eigenvalue weighted by Crippen LogP contribution is -2.40. The van der Waals surface area contributed by atoms with Gasteiger partial charge in [0, 0.05) is 20.2 Å². The first kappa shape index (κ1) is 13.2. The number of carbonyl (C=O) groups is 1. The maximum atomic E-state index is 12.3. The summed E-state index contributed by atoms with van der Waals surface area (Å²) in [6.07, 6.45) is 1.98. The van der Waals surface area contributed by atoms with Gasteiger partial charge in [-0.25, -0.2) is 0 Å². The van der Waals surface area contributed by atoms with E-state index < -0.39 is 0 Å². The minimum Gasteiger partial charge on any atom is -0.398 e. The van der Waals surface area contributed by atoms with E-state index in [0.29, 0.717) is 29.4 Å². The van der Waals surface area contributed by atoms with E-state index in [-0.39, 0.29) is 12.0 Å². The summed E-state index contributed by atoms with van der Waals surface area (Å²) in [7, 11) is 1.71. The molecule has 1 saturated heterocycles. The molecule has 1 heterocycles. The Kier molecular flexibility index (Phi) is 4.09. The first-order chi connectivity index (χ1) is 8.63. The zero-order valence-corrected chi connectivity index (χ0v) is 11.1. The van der Waals surface area contributed by atoms with E-state index in [0.717, 1.165) is 12.8 Å². The van der Waals surface area contributed by atoms with Crippen LogP contribution >= 0.6 is 11.6 Å². The predicted octanol–water partition coefficient (Wildman–Crippen LogP) is 2.17. The number of anilines is 1. The molecule has 5 heteroatoms. The summed E-state index contributed by atoms with van der Waals surface area (Å²) in [6, 6.07) is 5.15. The SMILES string of the molecule is COC1CCN(C(=O)c2cccc(N)c2Cl)CC1. The van der Waals surface area contributed by atoms with Crippen molar-refractivity contribution in [1.29, 1.82) is 0 Å². The second-order valence-electron chi connectivity index (χ2n) is 4.44. The molecule has 1 aliphatic rings. The highest BCUT2D eigenvalue weighted by atomic mass is 35.5. The molecule has 98 valence electrons. The minimum atomic E-state index is -0.0538. The van der Waals surface area contributed by atoms with Crippen molar-refractivity contribution in [2.45, 2.75) is 18.9 Å². The Morgan fingerprint density at radius 3 is 2.72 bits per heavy atom. The van der Waals surface area contributed by atoms with Gasteiger partial charge in [0.05, 0.1) is 22.4 Å². The van der Waals surface area contributed by atoms with Gasteiger partial charge >= 0.3 is 0 Å². The number of methoxy groups -OCH3 is 1. The molecular formula is C13H17ClN2O2. The molecule has 1 fully saturated rings. The largest absolute Gasteiger partial charge is 0.398 e. The van der Waals surface area contributed by atoms with Gasteiger partial charge in [-0.3, -0.25) is 4.79 Å². The Morgan fingerprint density at radius 2 is 2.11 bits per heavy atom. The zero-order chi connectivity index (χ0) is 13.1. The number of piperidine rings is 1. The van der Waals surface area contributed by atoms with Crippen molar-refractivity contribution in [3.8, 4) is 0 Å². The summed E-state index contributed by atoms with van der Waals surface area (Å²) in [5.41, 5.74) is 6.63. The molecule has 1 aliphatic heterocycles. The smallest absolute Gasteiger partial charge is 0.255 e. The molecule has 0 radical (unpaired) electrons. The number of rotatable bonds is 2. The fraction of sp³-hybridized carbons (Fsp3) is 0.462. The first-order valence-corrected chi connectivity index (χ1v) is 6.37. The Hall–Kier alpha value is -1.26. The molecule has 0 spiro atoms. The fourth-order valence-corrected chi connectivity index (χ4v) is 2.39. The van der Waals surface area contributed by atoms with E-state index in [4.69, 9.17) is 22.1 Å². The van der Waals surface area contributed by atoms with Crippen molar-refractivity contribution in [1.82, 2.24) is 4.90 Å². The van der Waals surface area contributed by atoms with Gasteiger partial charge in [-0.15, -0.1) is 0 Å². The van der Waals surface area contributed by atoms with Crippen molar-refractivity contribution in [2.24, 2.45) is 0 Å². The molecule has 1 aromatic carbocycles. The molecule has 0 aliphatic carbocycles. The highest BCUT2D eigenvalue weighted by Gasteiger charge is 2.24. The summed E-state index contributed by atoms with van der Waals surface area (Å²) >= 11 is 6.07. The molecular weight excluding hydrogens is 252 g/mol. The standard InChI is InChI=1S/C13H17ClN2O2/c1-18-9-5-7-16(8-6-9)13(17)10-3-2-4-11(15)12(10)14/h2-4,9H,5-8,15H2,1H3. The third-order valence-corrected chi connectivity index (χ3v) is 3.74. The summed E-state index contributed by atoms with van der Waals surface area (Å²) in [5, 5.41) is 0.344. The van der Waals surface area contributed by atoms with Crippen molar-refractivity contribution < 1.29 is 9.53 Å². The molecule has 2 rings (SSSR count). The third kappa shape index (κ3) is 2.60. The van der Waals surface area contributed by atoms with Crippen LogP contribution in [0.15, 0.2) is 18.2 Å². The highest BCUT2D eigenvalue weighted by molar-refractivity contribution is 6.36. The van der Waals surface area contributed by atoms with Crippen LogP contribution in [0.3, 0.4) is 0 Å². The van der Waals surface area contributed by atoms with Gasteiger partial charge in [-0.05, 0) is 25.0 Å². The highest BCUT2D eigenvalue weighted by Crippen LogP contribution is 2.25. The van der Waals surface area contributed by atoms with E-state index in [1.807, 2.05) is 0 Å². The van der Waals surface area contributed by atoms with Crippen LogP contribution in [0.2, 0.25) is 5.02 Å². The van der Waals surface area contributed by atoms with Crippen LogP contribution in [0.25, 0.3) is 0 Å². The van der Waals surface area contributed by atoms with Gasteiger partial charge < -0.3 is 15.4 Å². The van der Waals surface area contributed by atoms with Gasteiger partial charge in [0.25, 0.3) is 5.91 Å². The van der Waals surface area contributed by atoms with E-state index in [1.54, 1.807) is 30.2 Å². The number of ether oxygens (including phenoxy) is 1. The van der Waals surface area contributed by atoms with Crippen molar-refractivity contribution >= 4 is 23.2 Å². The third-order valence-electron chi connectivity index (χ3n) is 3.32. The summed E-state index contributed by atoms with van der Waals surface area (Å²) in [6.45, 7) is 1.39. The van der Waals surface area contributed by atoms with Crippen LogP contribution in [0.4, 0.5) is 5.69 Å². The van der Waals surface area contributed by atoms with E-state index in [9.17, 15) is 4.79 Å². The maximum absolute atomic E-state index is 12.3. The van der Waals surface area contributed by atoms with Gasteiger partial charge in [0.15, 0.2) is 0 Å². The van der Waals surface area contributed by atoms with Gasteiger partial charge in [-0.1, -0.05) is 17.7 Å². The number of nitrogens with two attached hydrogens (primary N) is 1. The number of nitrogen functional groups attached to an aromatic ring is 1. The van der Waals surface area contributed by atoms with Crippen LogP contribution in [0.1, 0.15) is 23.2 Å². The number of hydrogen-bond donors (Lipinski definition) is 1. The molecule has 1 amide bonds. The van der Waals surface area contributed by atoms with Crippen LogP contribution in [-0.2, 0) is 4.74 Å². The van der Waals surface area contributed by atoms with Crippen LogP contribution < -0.4 is 5.73 Å². The Morgan fingerprint density at radius 1 is 1.44 bits per heavy atom. The molecule has 0 unspecified atom stereocenters. The molecule has 0 saturated carbocycles. The molecule has 0 aromatic heterocycles.